The van der Waals surface area contributed by atoms with Gasteiger partial charge in [-0.15, -0.1) is 0 Å². The molecular formula is C14H17N3O3. The molecule has 0 aliphatic rings. The van der Waals surface area contributed by atoms with Crippen LogP contribution >= 0.6 is 0 Å². The number of hydrogen-bond donors (Lipinski definition) is 4. The number of aromatic hydroxyl groups is 2. The molecule has 4 N–H and O–H groups in total. The summed E-state index contributed by atoms with van der Waals surface area (Å²) in [4.78, 5) is 11.9. The van der Waals surface area contributed by atoms with Crippen LogP contribution in [0.2, 0.25) is 0 Å². The summed E-state index contributed by atoms with van der Waals surface area (Å²) >= 11 is 0. The number of H-pyrrole nitrogens is 1. The Labute approximate surface area is 116 Å². The lowest BCUT2D eigenvalue weighted by Crippen LogP contribution is -2.25. The number of aryl methyl sites for hydroxylation is 2. The van der Waals surface area contributed by atoms with Crippen LogP contribution in [0.15, 0.2) is 24.4 Å². The Bertz CT molecular complexity index is 587. The predicted octanol–water partition coefficient (Wildman–Crippen LogP) is 1.49. The van der Waals surface area contributed by atoms with Crippen LogP contribution in [0.1, 0.15) is 28.0 Å². The fourth-order valence-corrected chi connectivity index (χ4v) is 1.96. The smallest absolute Gasteiger partial charge is 0.258 e. The van der Waals surface area contributed by atoms with Gasteiger partial charge in [-0.25, -0.2) is 0 Å². The highest BCUT2D eigenvalue weighted by Gasteiger charge is 2.15. The number of aromatic nitrogens is 2. The molecule has 0 saturated heterocycles. The molecule has 0 saturated carbocycles. The van der Waals surface area contributed by atoms with Crippen LogP contribution < -0.4 is 5.32 Å². The van der Waals surface area contributed by atoms with Crippen LogP contribution in [-0.2, 0) is 6.42 Å². The predicted molar refractivity (Wildman–Crippen MR) is 73.8 cm³/mol. The third kappa shape index (κ3) is 3.09. The van der Waals surface area contributed by atoms with Gasteiger partial charge in [0.25, 0.3) is 5.91 Å². The van der Waals surface area contributed by atoms with E-state index in [-0.39, 0.29) is 17.1 Å². The maximum Gasteiger partial charge on any atom is 0.258 e. The molecule has 6 heteroatoms. The van der Waals surface area contributed by atoms with Crippen molar-refractivity contribution in [1.82, 2.24) is 15.5 Å². The minimum atomic E-state index is -0.482. The molecule has 0 unspecified atom stereocenters. The molecule has 0 fully saturated rings. The largest absolute Gasteiger partial charge is 0.507 e. The maximum atomic E-state index is 11.9. The standard InChI is InChI=1S/C14H17N3O3/c1-9-10(8-16-17-9)4-3-7-15-14(20)13-11(18)5-2-6-12(13)19/h2,5-6,8,18-19H,3-4,7H2,1H3,(H,15,20)(H,16,17). The number of carbonyl (C=O) groups is 1. The number of nitrogens with zero attached hydrogens (tertiary/aromatic N) is 1. The van der Waals surface area contributed by atoms with E-state index < -0.39 is 5.91 Å². The van der Waals surface area contributed by atoms with Gasteiger partial charge in [-0.05, 0) is 37.5 Å². The number of carbonyl (C=O) groups excluding carboxylic acids is 1. The molecule has 0 bridgehead atoms. The molecular weight excluding hydrogens is 258 g/mol. The molecule has 0 aliphatic heterocycles. The number of phenolic OH excluding ortho intramolecular Hbond substituents is 2. The number of amides is 1. The van der Waals surface area contributed by atoms with Gasteiger partial charge < -0.3 is 15.5 Å². The third-order valence-electron chi connectivity index (χ3n) is 3.09. The van der Waals surface area contributed by atoms with E-state index >= 15 is 0 Å². The zero-order valence-corrected chi connectivity index (χ0v) is 11.2. The first-order chi connectivity index (χ1) is 9.59. The van der Waals surface area contributed by atoms with E-state index in [1.807, 2.05) is 6.92 Å². The average molecular weight is 275 g/mol. The van der Waals surface area contributed by atoms with Gasteiger partial charge in [0.1, 0.15) is 17.1 Å². The number of nitrogens with one attached hydrogen (secondary N) is 2. The van der Waals surface area contributed by atoms with E-state index in [9.17, 15) is 15.0 Å². The molecule has 2 rings (SSSR count). The minimum Gasteiger partial charge on any atom is -0.507 e. The molecule has 1 aromatic heterocycles. The molecule has 2 aromatic rings. The van der Waals surface area contributed by atoms with Gasteiger partial charge in [0, 0.05) is 12.2 Å². The van der Waals surface area contributed by atoms with Gasteiger partial charge in [0.05, 0.1) is 6.20 Å². The van der Waals surface area contributed by atoms with Gasteiger partial charge in [0.15, 0.2) is 0 Å². The lowest BCUT2D eigenvalue weighted by molar-refractivity contribution is 0.0948. The van der Waals surface area contributed by atoms with Gasteiger partial charge in [0.2, 0.25) is 0 Å². The first kappa shape index (κ1) is 13.9. The first-order valence-electron chi connectivity index (χ1n) is 6.37. The van der Waals surface area contributed by atoms with Crippen LogP contribution in [0.3, 0.4) is 0 Å². The van der Waals surface area contributed by atoms with Crippen molar-refractivity contribution in [3.63, 3.8) is 0 Å². The zero-order valence-electron chi connectivity index (χ0n) is 11.2. The van der Waals surface area contributed by atoms with Crippen molar-refractivity contribution in [3.8, 4) is 11.5 Å². The third-order valence-corrected chi connectivity index (χ3v) is 3.09. The fraction of sp³-hybridized carbons (Fsp3) is 0.286. The second kappa shape index (κ2) is 6.10. The molecule has 0 aliphatic carbocycles. The Balaban J connectivity index is 1.85. The minimum absolute atomic E-state index is 0.0907. The van der Waals surface area contributed by atoms with Crippen molar-refractivity contribution in [2.75, 3.05) is 6.54 Å². The van der Waals surface area contributed by atoms with Crippen LogP contribution in [0.25, 0.3) is 0 Å². The summed E-state index contributed by atoms with van der Waals surface area (Å²) in [6, 6.07) is 4.20. The van der Waals surface area contributed by atoms with Crippen LogP contribution in [0.5, 0.6) is 11.5 Å². The van der Waals surface area contributed by atoms with Gasteiger partial charge >= 0.3 is 0 Å². The Morgan fingerprint density at radius 3 is 2.65 bits per heavy atom. The van der Waals surface area contributed by atoms with Crippen molar-refractivity contribution in [1.29, 1.82) is 0 Å². The summed E-state index contributed by atoms with van der Waals surface area (Å²) in [6.45, 7) is 2.40. The molecule has 1 heterocycles. The normalized spacial score (nSPS) is 10.4. The Morgan fingerprint density at radius 1 is 1.35 bits per heavy atom. The summed E-state index contributed by atoms with van der Waals surface area (Å²) in [7, 11) is 0. The van der Waals surface area contributed by atoms with Crippen LogP contribution in [-0.4, -0.2) is 32.9 Å². The van der Waals surface area contributed by atoms with Crippen molar-refractivity contribution < 1.29 is 15.0 Å². The Morgan fingerprint density at radius 2 is 2.05 bits per heavy atom. The molecule has 1 amide bonds. The average Bonchev–Trinajstić information content (AvgIpc) is 2.80. The number of hydrogen-bond acceptors (Lipinski definition) is 4. The molecule has 0 radical (unpaired) electrons. The van der Waals surface area contributed by atoms with E-state index in [0.29, 0.717) is 6.54 Å². The Hall–Kier alpha value is -2.50. The second-order valence-corrected chi connectivity index (χ2v) is 4.55. The van der Waals surface area contributed by atoms with Crippen molar-refractivity contribution >= 4 is 5.91 Å². The number of rotatable bonds is 5. The van der Waals surface area contributed by atoms with E-state index in [4.69, 9.17) is 0 Å². The van der Waals surface area contributed by atoms with E-state index in [1.165, 1.54) is 18.2 Å². The topological polar surface area (TPSA) is 98.2 Å². The summed E-state index contributed by atoms with van der Waals surface area (Å²) in [5, 5.41) is 28.6. The molecule has 0 atom stereocenters. The van der Waals surface area contributed by atoms with Crippen LogP contribution in [0, 0.1) is 6.92 Å². The SMILES string of the molecule is Cc1[nH]ncc1CCCNC(=O)c1c(O)cccc1O. The zero-order chi connectivity index (χ0) is 14.5. The van der Waals surface area contributed by atoms with Gasteiger partial charge in [-0.2, -0.15) is 5.10 Å². The lowest BCUT2D eigenvalue weighted by Gasteiger charge is -2.08. The lowest BCUT2D eigenvalue weighted by atomic mass is 10.1. The second-order valence-electron chi connectivity index (χ2n) is 4.55. The fourth-order valence-electron chi connectivity index (χ4n) is 1.96. The summed E-state index contributed by atoms with van der Waals surface area (Å²) in [6.07, 6.45) is 3.32. The number of benzene rings is 1. The number of aromatic amines is 1. The molecule has 106 valence electrons. The Kier molecular flexibility index (Phi) is 4.24. The number of phenols is 2. The molecule has 20 heavy (non-hydrogen) atoms. The highest BCUT2D eigenvalue weighted by Crippen LogP contribution is 2.25. The first-order valence-corrected chi connectivity index (χ1v) is 6.37. The van der Waals surface area contributed by atoms with Crippen molar-refractivity contribution in [2.45, 2.75) is 19.8 Å². The quantitative estimate of drug-likeness (QED) is 0.621. The monoisotopic (exact) mass is 275 g/mol. The summed E-state index contributed by atoms with van der Waals surface area (Å²) in [5.41, 5.74) is 2.05. The van der Waals surface area contributed by atoms with Gasteiger partial charge in [-0.1, -0.05) is 6.07 Å². The summed E-state index contributed by atoms with van der Waals surface area (Å²) < 4.78 is 0. The van der Waals surface area contributed by atoms with E-state index in [0.717, 1.165) is 24.1 Å². The summed E-state index contributed by atoms with van der Waals surface area (Å²) in [5.74, 6) is -0.939. The molecule has 6 nitrogen and oxygen atoms in total. The van der Waals surface area contributed by atoms with Gasteiger partial charge in [-0.3, -0.25) is 9.89 Å². The van der Waals surface area contributed by atoms with E-state index in [1.54, 1.807) is 6.20 Å². The van der Waals surface area contributed by atoms with Crippen molar-refractivity contribution in [3.05, 3.63) is 41.2 Å². The maximum absolute atomic E-state index is 11.9. The highest BCUT2D eigenvalue weighted by atomic mass is 16.3. The highest BCUT2D eigenvalue weighted by molar-refractivity contribution is 5.99. The van der Waals surface area contributed by atoms with E-state index in [2.05, 4.69) is 15.5 Å². The van der Waals surface area contributed by atoms with Crippen LogP contribution in [0.4, 0.5) is 0 Å². The van der Waals surface area contributed by atoms with Crippen molar-refractivity contribution in [2.24, 2.45) is 0 Å². The molecule has 0 spiro atoms. The molecule has 1 aromatic carbocycles.